The molecule has 18 heavy (non-hydrogen) atoms. The van der Waals surface area contributed by atoms with Crippen LogP contribution in [0.4, 0.5) is 0 Å². The number of nitrogens with zero attached hydrogens (tertiary/aromatic N) is 1. The van der Waals surface area contributed by atoms with Gasteiger partial charge in [0.1, 0.15) is 0 Å². The Bertz CT molecular complexity index is 496. The molecule has 0 aromatic carbocycles. The molecule has 0 amide bonds. The molecule has 0 aliphatic carbocycles. The molecule has 0 saturated carbocycles. The minimum absolute atomic E-state index is 0.451. The van der Waals surface area contributed by atoms with Gasteiger partial charge >= 0.3 is 0 Å². The van der Waals surface area contributed by atoms with Crippen molar-refractivity contribution in [1.82, 2.24) is 9.62 Å². The number of rotatable bonds is 4. The molecule has 6 heteroatoms. The average Bonchev–Trinajstić information content (AvgIpc) is 2.79. The molecule has 1 aliphatic heterocycles. The molecule has 1 saturated heterocycles. The SMILES string of the molecule is CNCc1cc(S(=O)(=O)N2CCCC(C)C2)cs1. The van der Waals surface area contributed by atoms with E-state index >= 15 is 0 Å². The third-order valence-electron chi connectivity index (χ3n) is 3.24. The lowest BCUT2D eigenvalue weighted by Gasteiger charge is -2.29. The van der Waals surface area contributed by atoms with Crippen molar-refractivity contribution in [3.05, 3.63) is 16.3 Å². The van der Waals surface area contributed by atoms with Crippen LogP contribution >= 0.6 is 11.3 Å². The van der Waals surface area contributed by atoms with Gasteiger partial charge in [-0.05, 0) is 31.9 Å². The highest BCUT2D eigenvalue weighted by atomic mass is 32.2. The minimum atomic E-state index is -3.28. The summed E-state index contributed by atoms with van der Waals surface area (Å²) in [4.78, 5) is 1.51. The summed E-state index contributed by atoms with van der Waals surface area (Å²) in [6, 6.07) is 1.79. The average molecular weight is 288 g/mol. The second-order valence-corrected chi connectivity index (χ2v) is 7.82. The molecule has 0 spiro atoms. The maximum Gasteiger partial charge on any atom is 0.243 e. The summed E-state index contributed by atoms with van der Waals surface area (Å²) >= 11 is 1.50. The zero-order chi connectivity index (χ0) is 13.2. The van der Waals surface area contributed by atoms with E-state index in [0.717, 1.165) is 24.3 Å². The van der Waals surface area contributed by atoms with Gasteiger partial charge in [-0.3, -0.25) is 0 Å². The van der Waals surface area contributed by atoms with Gasteiger partial charge in [0.2, 0.25) is 10.0 Å². The topological polar surface area (TPSA) is 49.4 Å². The summed E-state index contributed by atoms with van der Waals surface area (Å²) in [5.41, 5.74) is 0. The van der Waals surface area contributed by atoms with E-state index in [0.29, 0.717) is 23.9 Å². The third kappa shape index (κ3) is 2.93. The molecule has 1 unspecified atom stereocenters. The van der Waals surface area contributed by atoms with E-state index in [1.807, 2.05) is 7.05 Å². The van der Waals surface area contributed by atoms with Crippen LogP contribution in [0, 0.1) is 5.92 Å². The summed E-state index contributed by atoms with van der Waals surface area (Å²) < 4.78 is 26.6. The van der Waals surface area contributed by atoms with Crippen LogP contribution in [-0.2, 0) is 16.6 Å². The quantitative estimate of drug-likeness (QED) is 0.920. The van der Waals surface area contributed by atoms with Crippen LogP contribution in [-0.4, -0.2) is 32.9 Å². The first-order valence-corrected chi connectivity index (χ1v) is 8.58. The molecule has 102 valence electrons. The fourth-order valence-corrected chi connectivity index (χ4v) is 5.15. The molecule has 1 aromatic rings. The molecule has 1 atom stereocenters. The Balaban J connectivity index is 2.18. The summed E-state index contributed by atoms with van der Waals surface area (Å²) in [5, 5.41) is 4.79. The van der Waals surface area contributed by atoms with E-state index in [1.54, 1.807) is 15.8 Å². The molecule has 1 aromatic heterocycles. The Morgan fingerprint density at radius 2 is 2.33 bits per heavy atom. The molecule has 0 bridgehead atoms. The summed E-state index contributed by atoms with van der Waals surface area (Å²) in [6.45, 7) is 4.14. The Morgan fingerprint density at radius 1 is 1.56 bits per heavy atom. The van der Waals surface area contributed by atoms with Gasteiger partial charge in [0.05, 0.1) is 4.90 Å². The van der Waals surface area contributed by atoms with E-state index in [-0.39, 0.29) is 0 Å². The highest BCUT2D eigenvalue weighted by Gasteiger charge is 2.29. The van der Waals surface area contributed by atoms with Crippen molar-refractivity contribution in [2.75, 3.05) is 20.1 Å². The first-order chi connectivity index (χ1) is 8.54. The Morgan fingerprint density at radius 3 is 3.00 bits per heavy atom. The number of nitrogens with one attached hydrogen (secondary N) is 1. The Kier molecular flexibility index (Phi) is 4.42. The monoisotopic (exact) mass is 288 g/mol. The molecule has 1 aliphatic rings. The van der Waals surface area contributed by atoms with Crippen molar-refractivity contribution < 1.29 is 8.42 Å². The third-order valence-corrected chi connectivity index (χ3v) is 6.17. The minimum Gasteiger partial charge on any atom is -0.315 e. The molecule has 1 N–H and O–H groups in total. The summed E-state index contributed by atoms with van der Waals surface area (Å²) in [7, 11) is -1.42. The number of piperidine rings is 1. The lowest BCUT2D eigenvalue weighted by Crippen LogP contribution is -2.38. The van der Waals surface area contributed by atoms with Crippen molar-refractivity contribution in [1.29, 1.82) is 0 Å². The van der Waals surface area contributed by atoms with Crippen LogP contribution in [0.2, 0.25) is 0 Å². The zero-order valence-corrected chi connectivity index (χ0v) is 12.5. The van der Waals surface area contributed by atoms with Gasteiger partial charge in [-0.1, -0.05) is 6.92 Å². The summed E-state index contributed by atoms with van der Waals surface area (Å²) in [5.74, 6) is 0.462. The lowest BCUT2D eigenvalue weighted by atomic mass is 10.0. The van der Waals surface area contributed by atoms with Gasteiger partial charge in [0.25, 0.3) is 0 Å². The maximum atomic E-state index is 12.5. The Hall–Kier alpha value is -0.430. The summed E-state index contributed by atoms with van der Waals surface area (Å²) in [6.07, 6.45) is 2.09. The van der Waals surface area contributed by atoms with Gasteiger partial charge in [-0.2, -0.15) is 4.31 Å². The largest absolute Gasteiger partial charge is 0.315 e. The van der Waals surface area contributed by atoms with Gasteiger partial charge in [0.15, 0.2) is 0 Å². The van der Waals surface area contributed by atoms with Crippen molar-refractivity contribution >= 4 is 21.4 Å². The van der Waals surface area contributed by atoms with Gasteiger partial charge in [-0.15, -0.1) is 11.3 Å². The highest BCUT2D eigenvalue weighted by molar-refractivity contribution is 7.89. The molecule has 0 radical (unpaired) electrons. The van der Waals surface area contributed by atoms with Crippen LogP contribution in [0.1, 0.15) is 24.6 Å². The van der Waals surface area contributed by atoms with Crippen LogP contribution in [0.3, 0.4) is 0 Å². The fraction of sp³-hybridized carbons (Fsp3) is 0.667. The number of hydrogen-bond donors (Lipinski definition) is 1. The van der Waals surface area contributed by atoms with Crippen molar-refractivity contribution in [2.24, 2.45) is 5.92 Å². The zero-order valence-electron chi connectivity index (χ0n) is 10.8. The lowest BCUT2D eigenvalue weighted by molar-refractivity contribution is 0.281. The van der Waals surface area contributed by atoms with E-state index in [1.165, 1.54) is 11.3 Å². The van der Waals surface area contributed by atoms with E-state index < -0.39 is 10.0 Å². The van der Waals surface area contributed by atoms with Crippen LogP contribution in [0.15, 0.2) is 16.3 Å². The fourth-order valence-electron chi connectivity index (χ4n) is 2.28. The van der Waals surface area contributed by atoms with Crippen molar-refractivity contribution in [2.45, 2.75) is 31.2 Å². The smallest absolute Gasteiger partial charge is 0.243 e. The van der Waals surface area contributed by atoms with E-state index in [9.17, 15) is 8.42 Å². The second kappa shape index (κ2) is 5.69. The predicted molar refractivity (Wildman–Crippen MR) is 74.2 cm³/mol. The molecule has 1 fully saturated rings. The number of hydrogen-bond acceptors (Lipinski definition) is 4. The predicted octanol–water partition coefficient (Wildman–Crippen LogP) is 1.89. The van der Waals surface area contributed by atoms with Crippen LogP contribution in [0.5, 0.6) is 0 Å². The van der Waals surface area contributed by atoms with Gasteiger partial charge in [0, 0.05) is 29.9 Å². The van der Waals surface area contributed by atoms with E-state index in [4.69, 9.17) is 0 Å². The van der Waals surface area contributed by atoms with Crippen molar-refractivity contribution in [3.8, 4) is 0 Å². The van der Waals surface area contributed by atoms with Crippen LogP contribution < -0.4 is 5.32 Å². The maximum absolute atomic E-state index is 12.5. The van der Waals surface area contributed by atoms with E-state index in [2.05, 4.69) is 12.2 Å². The molecule has 2 heterocycles. The molecule has 4 nitrogen and oxygen atoms in total. The molecular formula is C12H20N2O2S2. The Labute approximate surface area is 113 Å². The first-order valence-electron chi connectivity index (χ1n) is 6.26. The molecule has 2 rings (SSSR count). The van der Waals surface area contributed by atoms with Crippen molar-refractivity contribution in [3.63, 3.8) is 0 Å². The van der Waals surface area contributed by atoms with Gasteiger partial charge in [-0.25, -0.2) is 8.42 Å². The standard InChI is InChI=1S/C12H20N2O2S2/c1-10-4-3-5-14(8-10)18(15,16)12-6-11(7-13-2)17-9-12/h6,9-10,13H,3-5,7-8H2,1-2H3. The second-order valence-electron chi connectivity index (χ2n) is 4.89. The van der Waals surface area contributed by atoms with Gasteiger partial charge < -0.3 is 5.32 Å². The normalized spacial score (nSPS) is 22.2. The number of sulfonamides is 1. The molecular weight excluding hydrogens is 268 g/mol. The van der Waals surface area contributed by atoms with Crippen LogP contribution in [0.25, 0.3) is 0 Å². The first kappa shape index (κ1) is 14.0. The highest BCUT2D eigenvalue weighted by Crippen LogP contribution is 2.26. The number of thiophene rings is 1.